The van der Waals surface area contributed by atoms with E-state index in [0.29, 0.717) is 22.6 Å². The van der Waals surface area contributed by atoms with Gasteiger partial charge in [-0.05, 0) is 35.9 Å². The number of fused-ring (bicyclic) bond motifs is 1. The normalized spacial score (nSPS) is 11.0. The number of carbonyl (C=O) groups is 1. The minimum atomic E-state index is -1.36. The van der Waals surface area contributed by atoms with Crippen LogP contribution in [0.1, 0.15) is 5.56 Å². The molecule has 0 aliphatic carbocycles. The Balaban J connectivity index is 1.69. The van der Waals surface area contributed by atoms with E-state index in [1.807, 2.05) is 12.1 Å². The van der Waals surface area contributed by atoms with Gasteiger partial charge in [-0.3, -0.25) is 4.79 Å². The summed E-state index contributed by atoms with van der Waals surface area (Å²) in [5.74, 6) is -3.67. The Bertz CT molecular complexity index is 1370. The molecule has 0 aliphatic heterocycles. The molecular weight excluding hydrogens is 466 g/mol. The van der Waals surface area contributed by atoms with Crippen LogP contribution in [-0.2, 0) is 17.9 Å². The molecular formula is C23H19ClF2N6O2. The molecule has 0 radical (unpaired) electrons. The third-order valence-corrected chi connectivity index (χ3v) is 5.45. The molecule has 2 aromatic carbocycles. The highest BCUT2D eigenvalue weighted by Gasteiger charge is 2.21. The van der Waals surface area contributed by atoms with E-state index in [4.69, 9.17) is 17.3 Å². The third kappa shape index (κ3) is 4.53. The zero-order valence-electron chi connectivity index (χ0n) is 17.8. The SMILES string of the molecule is C=CC(=O)N(CCn1nc(-c2cc(O)c(F)c(F)c2)c2c(N)ncnc21)Cc1ccc(Cl)cc1. The number of nitrogens with zero attached hydrogens (tertiary/aromatic N) is 5. The fourth-order valence-electron chi connectivity index (χ4n) is 3.52. The van der Waals surface area contributed by atoms with Crippen LogP contribution in [0.4, 0.5) is 14.6 Å². The molecule has 0 aliphatic rings. The molecule has 2 heterocycles. The van der Waals surface area contributed by atoms with Crippen molar-refractivity contribution in [1.82, 2.24) is 24.6 Å². The summed E-state index contributed by atoms with van der Waals surface area (Å²) in [5.41, 5.74) is 7.50. The lowest BCUT2D eigenvalue weighted by molar-refractivity contribution is -0.126. The number of phenols is 1. The van der Waals surface area contributed by atoms with Gasteiger partial charge < -0.3 is 15.7 Å². The number of hydrogen-bond donors (Lipinski definition) is 2. The number of aromatic nitrogens is 4. The first-order valence-corrected chi connectivity index (χ1v) is 10.5. The van der Waals surface area contributed by atoms with Crippen LogP contribution in [0.3, 0.4) is 0 Å². The average Bonchev–Trinajstić information content (AvgIpc) is 3.20. The van der Waals surface area contributed by atoms with E-state index in [1.165, 1.54) is 17.1 Å². The summed E-state index contributed by atoms with van der Waals surface area (Å²) >= 11 is 5.94. The highest BCUT2D eigenvalue weighted by atomic mass is 35.5. The van der Waals surface area contributed by atoms with E-state index in [-0.39, 0.29) is 36.1 Å². The third-order valence-electron chi connectivity index (χ3n) is 5.20. The number of carbonyl (C=O) groups excluding carboxylic acids is 1. The van der Waals surface area contributed by atoms with Gasteiger partial charge in [0, 0.05) is 23.7 Å². The minimum Gasteiger partial charge on any atom is -0.505 e. The van der Waals surface area contributed by atoms with Gasteiger partial charge >= 0.3 is 0 Å². The van der Waals surface area contributed by atoms with E-state index in [9.17, 15) is 18.7 Å². The summed E-state index contributed by atoms with van der Waals surface area (Å²) in [6, 6.07) is 9.05. The van der Waals surface area contributed by atoms with Gasteiger partial charge in [0.05, 0.1) is 11.9 Å². The van der Waals surface area contributed by atoms with Gasteiger partial charge in [0.2, 0.25) is 5.91 Å². The van der Waals surface area contributed by atoms with E-state index < -0.39 is 17.4 Å². The van der Waals surface area contributed by atoms with Crippen LogP contribution in [-0.4, -0.2) is 42.2 Å². The molecule has 8 nitrogen and oxygen atoms in total. The molecule has 4 rings (SSSR count). The Morgan fingerprint density at radius 2 is 1.97 bits per heavy atom. The molecule has 34 heavy (non-hydrogen) atoms. The van der Waals surface area contributed by atoms with Gasteiger partial charge in [-0.25, -0.2) is 19.0 Å². The number of nitrogen functional groups attached to an aromatic ring is 1. The second kappa shape index (κ2) is 9.44. The Kier molecular flexibility index (Phi) is 6.42. The van der Waals surface area contributed by atoms with Gasteiger partial charge in [-0.2, -0.15) is 9.49 Å². The van der Waals surface area contributed by atoms with Crippen LogP contribution in [0.5, 0.6) is 5.75 Å². The number of amides is 1. The van der Waals surface area contributed by atoms with Crippen LogP contribution in [0.2, 0.25) is 5.02 Å². The maximum atomic E-state index is 14.0. The fraction of sp³-hybridized carbons (Fsp3) is 0.130. The molecule has 0 spiro atoms. The van der Waals surface area contributed by atoms with Crippen LogP contribution in [0, 0.1) is 11.6 Å². The fourth-order valence-corrected chi connectivity index (χ4v) is 3.65. The van der Waals surface area contributed by atoms with Crippen LogP contribution in [0.25, 0.3) is 22.3 Å². The molecule has 1 amide bonds. The van der Waals surface area contributed by atoms with E-state index >= 15 is 0 Å². The lowest BCUT2D eigenvalue weighted by Crippen LogP contribution is -2.32. The number of anilines is 1. The number of phenolic OH excluding ortho intramolecular Hbond substituents is 1. The maximum absolute atomic E-state index is 14.0. The number of rotatable bonds is 7. The van der Waals surface area contributed by atoms with Gasteiger partial charge in [0.15, 0.2) is 23.0 Å². The first-order chi connectivity index (χ1) is 16.3. The number of halogens is 3. The standard InChI is InChI=1S/C23H19ClF2N6O2/c1-2-18(34)31(11-13-3-5-15(24)6-4-13)7-8-32-23-19(22(27)28-12-29-23)21(30-32)14-9-16(25)20(26)17(33)10-14/h2-6,9-10,12,33H,1,7-8,11H2,(H2,27,28,29). The number of nitrogens with two attached hydrogens (primary N) is 1. The predicted octanol–water partition coefficient (Wildman–Crippen LogP) is 3.93. The van der Waals surface area contributed by atoms with E-state index in [1.54, 1.807) is 17.0 Å². The second-order valence-corrected chi connectivity index (χ2v) is 7.85. The summed E-state index contributed by atoms with van der Waals surface area (Å²) in [6.45, 7) is 4.30. The molecule has 0 saturated carbocycles. The lowest BCUT2D eigenvalue weighted by Gasteiger charge is -2.21. The summed E-state index contributed by atoms with van der Waals surface area (Å²) in [7, 11) is 0. The summed E-state index contributed by atoms with van der Waals surface area (Å²) in [6.07, 6.45) is 2.47. The summed E-state index contributed by atoms with van der Waals surface area (Å²) < 4.78 is 29.0. The first kappa shape index (κ1) is 23.1. The molecule has 0 atom stereocenters. The Hall–Kier alpha value is -4.05. The summed E-state index contributed by atoms with van der Waals surface area (Å²) in [4.78, 5) is 22.2. The van der Waals surface area contributed by atoms with Gasteiger partial charge in [0.25, 0.3) is 0 Å². The first-order valence-electron chi connectivity index (χ1n) is 10.1. The topological polar surface area (TPSA) is 110 Å². The molecule has 0 unspecified atom stereocenters. The van der Waals surface area contributed by atoms with Crippen molar-refractivity contribution in [3.8, 4) is 17.0 Å². The van der Waals surface area contributed by atoms with Crippen molar-refractivity contribution in [2.24, 2.45) is 0 Å². The van der Waals surface area contributed by atoms with Crippen molar-refractivity contribution in [1.29, 1.82) is 0 Å². The van der Waals surface area contributed by atoms with Gasteiger partial charge in [-0.1, -0.05) is 30.3 Å². The number of benzene rings is 2. The van der Waals surface area contributed by atoms with Crippen molar-refractivity contribution in [2.75, 3.05) is 12.3 Å². The minimum absolute atomic E-state index is 0.0793. The molecule has 0 fully saturated rings. The molecule has 11 heteroatoms. The summed E-state index contributed by atoms with van der Waals surface area (Å²) in [5, 5.41) is 15.1. The Morgan fingerprint density at radius 1 is 1.24 bits per heavy atom. The largest absolute Gasteiger partial charge is 0.505 e. The van der Waals surface area contributed by atoms with Gasteiger partial charge in [0.1, 0.15) is 17.8 Å². The van der Waals surface area contributed by atoms with Crippen molar-refractivity contribution in [3.63, 3.8) is 0 Å². The molecule has 0 saturated heterocycles. The van der Waals surface area contributed by atoms with Crippen LogP contribution >= 0.6 is 11.6 Å². The monoisotopic (exact) mass is 484 g/mol. The Labute approximate surface area is 197 Å². The van der Waals surface area contributed by atoms with E-state index in [0.717, 1.165) is 17.7 Å². The van der Waals surface area contributed by atoms with Crippen molar-refractivity contribution < 1.29 is 18.7 Å². The zero-order valence-corrected chi connectivity index (χ0v) is 18.5. The zero-order chi connectivity index (χ0) is 24.4. The number of hydrogen-bond acceptors (Lipinski definition) is 6. The van der Waals surface area contributed by atoms with E-state index in [2.05, 4.69) is 21.6 Å². The molecule has 2 aromatic heterocycles. The van der Waals surface area contributed by atoms with Crippen LogP contribution in [0.15, 0.2) is 55.4 Å². The number of aromatic hydroxyl groups is 1. The highest BCUT2D eigenvalue weighted by molar-refractivity contribution is 6.30. The Morgan fingerprint density at radius 3 is 2.65 bits per heavy atom. The second-order valence-electron chi connectivity index (χ2n) is 7.41. The molecule has 3 N–H and O–H groups in total. The lowest BCUT2D eigenvalue weighted by atomic mass is 10.1. The van der Waals surface area contributed by atoms with Crippen molar-refractivity contribution in [2.45, 2.75) is 13.1 Å². The molecule has 0 bridgehead atoms. The predicted molar refractivity (Wildman–Crippen MR) is 124 cm³/mol. The van der Waals surface area contributed by atoms with Crippen LogP contribution < -0.4 is 5.73 Å². The maximum Gasteiger partial charge on any atom is 0.246 e. The van der Waals surface area contributed by atoms with Crippen molar-refractivity contribution in [3.05, 3.63) is 77.6 Å². The smallest absolute Gasteiger partial charge is 0.246 e. The average molecular weight is 485 g/mol. The molecule has 4 aromatic rings. The van der Waals surface area contributed by atoms with Gasteiger partial charge in [-0.15, -0.1) is 0 Å². The molecule has 174 valence electrons. The quantitative estimate of drug-likeness (QED) is 0.385. The van der Waals surface area contributed by atoms with Crippen molar-refractivity contribution >= 4 is 34.4 Å². The highest BCUT2D eigenvalue weighted by Crippen LogP contribution is 2.33.